The summed E-state index contributed by atoms with van der Waals surface area (Å²) < 4.78 is 13.6. The second kappa shape index (κ2) is 6.07. The Kier molecular flexibility index (Phi) is 4.44. The van der Waals surface area contributed by atoms with Crippen LogP contribution in [0.15, 0.2) is 29.6 Å². The maximum Gasteiger partial charge on any atom is 0.126 e. The van der Waals surface area contributed by atoms with Crippen molar-refractivity contribution in [2.45, 2.75) is 19.8 Å². The molecule has 2 nitrogen and oxygen atoms in total. The van der Waals surface area contributed by atoms with Crippen molar-refractivity contribution in [1.82, 2.24) is 4.98 Å². The van der Waals surface area contributed by atoms with Gasteiger partial charge in [0.1, 0.15) is 5.82 Å². The molecule has 2 N–H and O–H groups in total. The maximum absolute atomic E-state index is 13.6. The zero-order chi connectivity index (χ0) is 13.0. The fraction of sp³-hybridized carbons (Fsp3) is 0.357. The third-order valence-corrected chi connectivity index (χ3v) is 3.92. The van der Waals surface area contributed by atoms with E-state index in [0.29, 0.717) is 13.0 Å². The van der Waals surface area contributed by atoms with Crippen molar-refractivity contribution in [3.05, 3.63) is 51.7 Å². The lowest BCUT2D eigenvalue weighted by atomic mass is 9.96. The van der Waals surface area contributed by atoms with Gasteiger partial charge in [-0.05, 0) is 37.4 Å². The number of rotatable bonds is 5. The molecule has 0 aliphatic carbocycles. The van der Waals surface area contributed by atoms with Gasteiger partial charge in [-0.1, -0.05) is 18.2 Å². The van der Waals surface area contributed by atoms with Crippen LogP contribution in [0.1, 0.15) is 16.3 Å². The molecule has 4 heteroatoms. The quantitative estimate of drug-likeness (QED) is 0.901. The van der Waals surface area contributed by atoms with Gasteiger partial charge in [-0.3, -0.25) is 0 Å². The smallest absolute Gasteiger partial charge is 0.126 e. The van der Waals surface area contributed by atoms with Crippen LogP contribution in [-0.4, -0.2) is 11.5 Å². The molecule has 0 amide bonds. The van der Waals surface area contributed by atoms with E-state index < -0.39 is 0 Å². The largest absolute Gasteiger partial charge is 0.330 e. The lowest BCUT2D eigenvalue weighted by Crippen LogP contribution is -2.19. The Hall–Kier alpha value is -1.26. The number of thiazole rings is 1. The molecule has 2 rings (SSSR count). The van der Waals surface area contributed by atoms with Gasteiger partial charge >= 0.3 is 0 Å². The number of halogens is 1. The van der Waals surface area contributed by atoms with E-state index in [2.05, 4.69) is 4.98 Å². The molecule has 0 saturated carbocycles. The van der Waals surface area contributed by atoms with Gasteiger partial charge in [0, 0.05) is 17.5 Å². The minimum Gasteiger partial charge on any atom is -0.330 e. The Bertz CT molecular complexity index is 510. The van der Waals surface area contributed by atoms with E-state index in [1.807, 2.05) is 24.4 Å². The average molecular weight is 264 g/mol. The zero-order valence-corrected chi connectivity index (χ0v) is 11.2. The van der Waals surface area contributed by atoms with E-state index >= 15 is 0 Å². The highest BCUT2D eigenvalue weighted by atomic mass is 32.1. The summed E-state index contributed by atoms with van der Waals surface area (Å²) in [5.74, 6) is 0.0960. The number of benzene rings is 1. The third-order valence-electron chi connectivity index (χ3n) is 2.93. The molecular formula is C14H17FN2S. The van der Waals surface area contributed by atoms with E-state index in [0.717, 1.165) is 22.7 Å². The van der Waals surface area contributed by atoms with Crippen molar-refractivity contribution in [3.8, 4) is 0 Å². The summed E-state index contributed by atoms with van der Waals surface area (Å²) in [5, 5.41) is 3.12. The van der Waals surface area contributed by atoms with Crippen LogP contribution in [0.3, 0.4) is 0 Å². The first-order valence-corrected chi connectivity index (χ1v) is 6.91. The van der Waals surface area contributed by atoms with Gasteiger partial charge in [0.25, 0.3) is 0 Å². The van der Waals surface area contributed by atoms with E-state index in [4.69, 9.17) is 5.73 Å². The van der Waals surface area contributed by atoms with Crippen molar-refractivity contribution in [1.29, 1.82) is 0 Å². The number of aryl methyl sites for hydroxylation is 1. The van der Waals surface area contributed by atoms with Gasteiger partial charge in [0.15, 0.2) is 0 Å². The van der Waals surface area contributed by atoms with Crippen LogP contribution in [0.5, 0.6) is 0 Å². The van der Waals surface area contributed by atoms with Crippen molar-refractivity contribution in [2.24, 2.45) is 11.7 Å². The molecule has 0 aliphatic rings. The van der Waals surface area contributed by atoms with Gasteiger partial charge in [0.05, 0.1) is 5.01 Å². The number of aromatic nitrogens is 1. The Morgan fingerprint density at radius 2 is 2.11 bits per heavy atom. The number of nitrogens with zero attached hydrogens (tertiary/aromatic N) is 1. The summed E-state index contributed by atoms with van der Waals surface area (Å²) in [6.45, 7) is 2.53. The van der Waals surface area contributed by atoms with Crippen LogP contribution in [0, 0.1) is 18.7 Å². The van der Waals surface area contributed by atoms with Crippen molar-refractivity contribution in [2.75, 3.05) is 6.54 Å². The van der Waals surface area contributed by atoms with Crippen LogP contribution in [0.4, 0.5) is 4.39 Å². The highest BCUT2D eigenvalue weighted by Gasteiger charge is 2.13. The van der Waals surface area contributed by atoms with Gasteiger partial charge in [-0.2, -0.15) is 0 Å². The Morgan fingerprint density at radius 3 is 2.72 bits per heavy atom. The lowest BCUT2D eigenvalue weighted by Gasteiger charge is -2.13. The monoisotopic (exact) mass is 264 g/mol. The summed E-state index contributed by atoms with van der Waals surface area (Å²) in [6.07, 6.45) is 1.49. The lowest BCUT2D eigenvalue weighted by molar-refractivity contribution is 0.510. The minimum absolute atomic E-state index is 0.147. The molecule has 1 aromatic heterocycles. The molecule has 0 spiro atoms. The first kappa shape index (κ1) is 13.2. The summed E-state index contributed by atoms with van der Waals surface area (Å²) in [7, 11) is 0. The average Bonchev–Trinajstić information content (AvgIpc) is 2.76. The standard InChI is InChI=1S/C14H17FN2S/c1-10-9-18-14(17-10)7-11(8-16)6-12-4-2-3-5-13(12)15/h2-5,9,11H,6-8,16H2,1H3. The summed E-state index contributed by atoms with van der Waals surface area (Å²) in [5.41, 5.74) is 7.56. The molecule has 1 heterocycles. The SMILES string of the molecule is Cc1csc(CC(CN)Cc2ccccc2F)n1. The number of hydrogen-bond acceptors (Lipinski definition) is 3. The number of nitrogens with two attached hydrogens (primary N) is 1. The molecule has 96 valence electrons. The van der Waals surface area contributed by atoms with Crippen LogP contribution in [0.25, 0.3) is 0 Å². The van der Waals surface area contributed by atoms with Crippen LogP contribution >= 0.6 is 11.3 Å². The summed E-state index contributed by atoms with van der Waals surface area (Å²) in [4.78, 5) is 4.43. The predicted molar refractivity (Wildman–Crippen MR) is 73.2 cm³/mol. The molecule has 1 atom stereocenters. The van der Waals surface area contributed by atoms with Gasteiger partial charge in [-0.15, -0.1) is 11.3 Å². The number of hydrogen-bond donors (Lipinski definition) is 1. The molecule has 0 fully saturated rings. The van der Waals surface area contributed by atoms with E-state index in [1.54, 1.807) is 17.4 Å². The Labute approximate surface area is 111 Å². The fourth-order valence-electron chi connectivity index (χ4n) is 1.96. The third kappa shape index (κ3) is 3.37. The molecule has 18 heavy (non-hydrogen) atoms. The van der Waals surface area contributed by atoms with E-state index in [9.17, 15) is 4.39 Å². The van der Waals surface area contributed by atoms with E-state index in [1.165, 1.54) is 6.07 Å². The molecule has 2 aromatic rings. The molecule has 0 aliphatic heterocycles. The molecular weight excluding hydrogens is 247 g/mol. The molecule has 0 saturated heterocycles. The first-order chi connectivity index (χ1) is 8.69. The first-order valence-electron chi connectivity index (χ1n) is 6.03. The van der Waals surface area contributed by atoms with Crippen molar-refractivity contribution in [3.63, 3.8) is 0 Å². The summed E-state index contributed by atoms with van der Waals surface area (Å²) >= 11 is 1.65. The molecule has 1 aromatic carbocycles. The minimum atomic E-state index is -0.147. The molecule has 0 bridgehead atoms. The molecule has 1 unspecified atom stereocenters. The highest BCUT2D eigenvalue weighted by Crippen LogP contribution is 2.18. The van der Waals surface area contributed by atoms with Crippen molar-refractivity contribution < 1.29 is 4.39 Å². The van der Waals surface area contributed by atoms with Gasteiger partial charge in [0.2, 0.25) is 0 Å². The topological polar surface area (TPSA) is 38.9 Å². The fourth-order valence-corrected chi connectivity index (χ4v) is 2.85. The Balaban J connectivity index is 2.04. The Morgan fingerprint density at radius 1 is 1.33 bits per heavy atom. The van der Waals surface area contributed by atoms with Crippen molar-refractivity contribution >= 4 is 11.3 Å². The van der Waals surface area contributed by atoms with Gasteiger partial charge in [-0.25, -0.2) is 9.37 Å². The van der Waals surface area contributed by atoms with Crippen LogP contribution in [-0.2, 0) is 12.8 Å². The van der Waals surface area contributed by atoms with Crippen LogP contribution in [0.2, 0.25) is 0 Å². The second-order valence-corrected chi connectivity index (χ2v) is 5.43. The summed E-state index contributed by atoms with van der Waals surface area (Å²) in [6, 6.07) is 6.89. The predicted octanol–water partition coefficient (Wildman–Crippen LogP) is 2.95. The maximum atomic E-state index is 13.6. The van der Waals surface area contributed by atoms with Crippen LogP contribution < -0.4 is 5.73 Å². The second-order valence-electron chi connectivity index (χ2n) is 4.48. The molecule has 0 radical (unpaired) electrons. The normalized spacial score (nSPS) is 12.6. The van der Waals surface area contributed by atoms with Gasteiger partial charge < -0.3 is 5.73 Å². The zero-order valence-electron chi connectivity index (χ0n) is 10.4. The highest BCUT2D eigenvalue weighted by molar-refractivity contribution is 7.09. The van der Waals surface area contributed by atoms with E-state index in [-0.39, 0.29) is 11.7 Å².